The zero-order chi connectivity index (χ0) is 14.3. The Morgan fingerprint density at radius 1 is 1.47 bits per heavy atom. The van der Waals surface area contributed by atoms with Gasteiger partial charge in [0.2, 0.25) is 0 Å². The average Bonchev–Trinajstić information content (AvgIpc) is 2.35. The third kappa shape index (κ3) is 6.92. The number of hydrogen-bond acceptors (Lipinski definition) is 4. The van der Waals surface area contributed by atoms with E-state index in [0.29, 0.717) is 31.4 Å². The van der Waals surface area contributed by atoms with Gasteiger partial charge in [-0.05, 0) is 50.5 Å². The van der Waals surface area contributed by atoms with Crippen LogP contribution in [0.25, 0.3) is 0 Å². The number of esters is 1. The van der Waals surface area contributed by atoms with Gasteiger partial charge < -0.3 is 15.2 Å². The van der Waals surface area contributed by atoms with Crippen LogP contribution in [-0.4, -0.2) is 31.8 Å². The van der Waals surface area contributed by atoms with Crippen LogP contribution in [0.4, 0.5) is 0 Å². The number of hydrogen-bond donors (Lipinski definition) is 1. The van der Waals surface area contributed by atoms with Crippen molar-refractivity contribution < 1.29 is 14.3 Å². The molecule has 2 N–H and O–H groups in total. The molecular formula is C15H29NO3. The molecule has 0 amide bonds. The van der Waals surface area contributed by atoms with Crippen LogP contribution in [0.3, 0.4) is 0 Å². The molecule has 0 aromatic heterocycles. The fourth-order valence-corrected chi connectivity index (χ4v) is 2.68. The Balaban J connectivity index is 2.22. The fourth-order valence-electron chi connectivity index (χ4n) is 2.68. The first-order chi connectivity index (χ1) is 9.01. The molecule has 0 aromatic rings. The molecule has 1 rings (SSSR count). The van der Waals surface area contributed by atoms with Gasteiger partial charge in [-0.15, -0.1) is 0 Å². The van der Waals surface area contributed by atoms with E-state index in [0.717, 1.165) is 25.9 Å². The molecule has 1 saturated heterocycles. The van der Waals surface area contributed by atoms with E-state index >= 15 is 0 Å². The van der Waals surface area contributed by atoms with Gasteiger partial charge in [-0.25, -0.2) is 0 Å². The van der Waals surface area contributed by atoms with Crippen molar-refractivity contribution in [3.05, 3.63) is 0 Å². The molecule has 0 saturated carbocycles. The van der Waals surface area contributed by atoms with Gasteiger partial charge in [-0.3, -0.25) is 4.79 Å². The van der Waals surface area contributed by atoms with Crippen molar-refractivity contribution in [1.82, 2.24) is 0 Å². The van der Waals surface area contributed by atoms with Gasteiger partial charge in [0.25, 0.3) is 0 Å². The summed E-state index contributed by atoms with van der Waals surface area (Å²) < 4.78 is 10.9. The van der Waals surface area contributed by atoms with Gasteiger partial charge in [0, 0.05) is 13.0 Å². The quantitative estimate of drug-likeness (QED) is 0.722. The van der Waals surface area contributed by atoms with Crippen molar-refractivity contribution in [3.8, 4) is 0 Å². The third-order valence-electron chi connectivity index (χ3n) is 3.67. The van der Waals surface area contributed by atoms with E-state index in [1.165, 1.54) is 0 Å². The summed E-state index contributed by atoms with van der Waals surface area (Å²) in [6, 6.07) is 0. The SMILES string of the molecule is CC(C)C[C@H](CN)CC(=O)OC[C@H]1CCO[C@@H](C)C1. The van der Waals surface area contributed by atoms with E-state index in [2.05, 4.69) is 20.8 Å². The largest absolute Gasteiger partial charge is 0.465 e. The van der Waals surface area contributed by atoms with Crippen molar-refractivity contribution in [2.45, 2.75) is 52.6 Å². The van der Waals surface area contributed by atoms with Crippen LogP contribution in [-0.2, 0) is 14.3 Å². The van der Waals surface area contributed by atoms with Gasteiger partial charge in [-0.1, -0.05) is 13.8 Å². The van der Waals surface area contributed by atoms with E-state index in [9.17, 15) is 4.79 Å². The number of nitrogens with two attached hydrogens (primary N) is 1. The molecule has 19 heavy (non-hydrogen) atoms. The fraction of sp³-hybridized carbons (Fsp3) is 0.933. The summed E-state index contributed by atoms with van der Waals surface area (Å²) in [5, 5.41) is 0. The molecule has 112 valence electrons. The molecule has 0 aliphatic carbocycles. The van der Waals surface area contributed by atoms with E-state index in [1.807, 2.05) is 0 Å². The average molecular weight is 271 g/mol. The second-order valence-electron chi connectivity index (χ2n) is 6.19. The maximum atomic E-state index is 11.8. The Kier molecular flexibility index (Phi) is 7.39. The smallest absolute Gasteiger partial charge is 0.306 e. The van der Waals surface area contributed by atoms with Gasteiger partial charge in [0.15, 0.2) is 0 Å². The summed E-state index contributed by atoms with van der Waals surface area (Å²) in [5.74, 6) is 1.17. The maximum absolute atomic E-state index is 11.8. The van der Waals surface area contributed by atoms with Crippen LogP contribution in [0.2, 0.25) is 0 Å². The lowest BCUT2D eigenvalue weighted by molar-refractivity contribution is -0.147. The predicted molar refractivity (Wildman–Crippen MR) is 75.7 cm³/mol. The van der Waals surface area contributed by atoms with Crippen LogP contribution in [0.1, 0.15) is 46.5 Å². The van der Waals surface area contributed by atoms with Crippen LogP contribution in [0.5, 0.6) is 0 Å². The molecule has 1 heterocycles. The summed E-state index contributed by atoms with van der Waals surface area (Å²) in [5.41, 5.74) is 5.70. The topological polar surface area (TPSA) is 61.6 Å². The zero-order valence-electron chi connectivity index (χ0n) is 12.6. The second kappa shape index (κ2) is 8.54. The molecule has 0 aromatic carbocycles. The Morgan fingerprint density at radius 3 is 2.79 bits per heavy atom. The van der Waals surface area contributed by atoms with Crippen LogP contribution < -0.4 is 5.73 Å². The molecular weight excluding hydrogens is 242 g/mol. The lowest BCUT2D eigenvalue weighted by Crippen LogP contribution is -2.28. The minimum Gasteiger partial charge on any atom is -0.465 e. The van der Waals surface area contributed by atoms with Crippen molar-refractivity contribution in [3.63, 3.8) is 0 Å². The molecule has 1 aliphatic heterocycles. The highest BCUT2D eigenvalue weighted by atomic mass is 16.5. The maximum Gasteiger partial charge on any atom is 0.306 e. The Bertz CT molecular complexity index is 268. The van der Waals surface area contributed by atoms with E-state index in [1.54, 1.807) is 0 Å². The highest BCUT2D eigenvalue weighted by Gasteiger charge is 2.21. The van der Waals surface area contributed by atoms with E-state index in [4.69, 9.17) is 15.2 Å². The molecule has 3 atom stereocenters. The monoisotopic (exact) mass is 271 g/mol. The summed E-state index contributed by atoms with van der Waals surface area (Å²) in [7, 11) is 0. The van der Waals surface area contributed by atoms with Gasteiger partial charge in [0.05, 0.1) is 12.7 Å². The minimum absolute atomic E-state index is 0.102. The number of carbonyl (C=O) groups excluding carboxylic acids is 1. The standard InChI is InChI=1S/C15H29NO3/c1-11(2)6-14(9-16)8-15(17)19-10-13-4-5-18-12(3)7-13/h11-14H,4-10,16H2,1-3H3/t12-,13-,14-/m0/s1. The Hall–Kier alpha value is -0.610. The summed E-state index contributed by atoms with van der Waals surface area (Å²) >= 11 is 0. The van der Waals surface area contributed by atoms with Crippen molar-refractivity contribution in [2.75, 3.05) is 19.8 Å². The minimum atomic E-state index is -0.102. The molecule has 0 bridgehead atoms. The number of rotatable bonds is 7. The van der Waals surface area contributed by atoms with Gasteiger partial charge >= 0.3 is 5.97 Å². The zero-order valence-corrected chi connectivity index (χ0v) is 12.6. The van der Waals surface area contributed by atoms with Crippen LogP contribution in [0, 0.1) is 17.8 Å². The van der Waals surface area contributed by atoms with Crippen molar-refractivity contribution in [2.24, 2.45) is 23.5 Å². The molecule has 4 heteroatoms. The van der Waals surface area contributed by atoms with E-state index < -0.39 is 0 Å². The van der Waals surface area contributed by atoms with Crippen LogP contribution in [0.15, 0.2) is 0 Å². The first-order valence-corrected chi connectivity index (χ1v) is 7.48. The first kappa shape index (κ1) is 16.4. The van der Waals surface area contributed by atoms with E-state index in [-0.39, 0.29) is 18.0 Å². The summed E-state index contributed by atoms with van der Waals surface area (Å²) in [6.07, 6.45) is 3.70. The second-order valence-corrected chi connectivity index (χ2v) is 6.19. The van der Waals surface area contributed by atoms with Crippen molar-refractivity contribution >= 4 is 5.97 Å². The lowest BCUT2D eigenvalue weighted by atomic mass is 9.94. The molecule has 1 fully saturated rings. The highest BCUT2D eigenvalue weighted by Crippen LogP contribution is 2.21. The van der Waals surface area contributed by atoms with Gasteiger partial charge in [-0.2, -0.15) is 0 Å². The van der Waals surface area contributed by atoms with Crippen LogP contribution >= 0.6 is 0 Å². The summed E-state index contributed by atoms with van der Waals surface area (Å²) in [6.45, 7) is 8.24. The number of ether oxygens (including phenoxy) is 2. The molecule has 1 aliphatic rings. The molecule has 4 nitrogen and oxygen atoms in total. The number of carbonyl (C=O) groups is 1. The molecule has 0 spiro atoms. The predicted octanol–water partition coefficient (Wildman–Crippen LogP) is 2.36. The normalized spacial score (nSPS) is 25.3. The van der Waals surface area contributed by atoms with Crippen molar-refractivity contribution in [1.29, 1.82) is 0 Å². The van der Waals surface area contributed by atoms with Gasteiger partial charge in [0.1, 0.15) is 0 Å². The summed E-state index contributed by atoms with van der Waals surface area (Å²) in [4.78, 5) is 11.8. The lowest BCUT2D eigenvalue weighted by Gasteiger charge is -2.27. The Labute approximate surface area is 117 Å². The third-order valence-corrected chi connectivity index (χ3v) is 3.67. The first-order valence-electron chi connectivity index (χ1n) is 7.48. The molecule has 0 radical (unpaired) electrons. The Morgan fingerprint density at radius 2 is 2.21 bits per heavy atom. The highest BCUT2D eigenvalue weighted by molar-refractivity contribution is 5.69. The molecule has 0 unspecified atom stereocenters.